The fourth-order valence-electron chi connectivity index (χ4n) is 2.94. The molecule has 0 saturated carbocycles. The molecule has 0 aliphatic carbocycles. The molecule has 23 heavy (non-hydrogen) atoms. The molecule has 1 fully saturated rings. The summed E-state index contributed by atoms with van der Waals surface area (Å²) in [7, 11) is 0. The number of aliphatic hydroxyl groups excluding tert-OH is 1. The molecular formula is C17H24ClFN2O2. The lowest BCUT2D eigenvalue weighted by Crippen LogP contribution is -2.42. The Morgan fingerprint density at radius 3 is 2.70 bits per heavy atom. The van der Waals surface area contributed by atoms with Gasteiger partial charge in [-0.25, -0.2) is 4.39 Å². The predicted molar refractivity (Wildman–Crippen MR) is 90.1 cm³/mol. The number of rotatable bonds is 6. The Bertz CT molecular complexity index is 539. The molecule has 2 rings (SSSR count). The van der Waals surface area contributed by atoms with Crippen molar-refractivity contribution in [3.8, 4) is 0 Å². The van der Waals surface area contributed by atoms with Crippen LogP contribution in [0.4, 0.5) is 10.1 Å². The van der Waals surface area contributed by atoms with E-state index in [1.165, 1.54) is 12.1 Å². The summed E-state index contributed by atoms with van der Waals surface area (Å²) in [6.07, 6.45) is 3.20. The molecule has 1 amide bonds. The van der Waals surface area contributed by atoms with E-state index in [1.54, 1.807) is 6.07 Å². The van der Waals surface area contributed by atoms with Gasteiger partial charge in [-0.15, -0.1) is 0 Å². The van der Waals surface area contributed by atoms with Crippen LogP contribution in [-0.2, 0) is 4.79 Å². The quantitative estimate of drug-likeness (QED) is 0.834. The highest BCUT2D eigenvalue weighted by Gasteiger charge is 2.32. The Balaban J connectivity index is 1.77. The van der Waals surface area contributed by atoms with Crippen LogP contribution in [0, 0.1) is 11.2 Å². The molecule has 0 aromatic heterocycles. The van der Waals surface area contributed by atoms with Crippen LogP contribution in [0.1, 0.15) is 32.6 Å². The van der Waals surface area contributed by atoms with E-state index in [9.17, 15) is 14.3 Å². The van der Waals surface area contributed by atoms with E-state index in [1.807, 2.05) is 0 Å². The first-order chi connectivity index (χ1) is 11.0. The van der Waals surface area contributed by atoms with Crippen molar-refractivity contribution in [3.63, 3.8) is 0 Å². The second kappa shape index (κ2) is 8.08. The summed E-state index contributed by atoms with van der Waals surface area (Å²) in [6.45, 7) is 4.76. The first-order valence-corrected chi connectivity index (χ1v) is 8.44. The molecule has 1 aromatic carbocycles. The molecule has 6 heteroatoms. The van der Waals surface area contributed by atoms with Gasteiger partial charge >= 0.3 is 0 Å². The van der Waals surface area contributed by atoms with E-state index < -0.39 is 5.82 Å². The average Bonchev–Trinajstić information content (AvgIpc) is 2.56. The first kappa shape index (κ1) is 18.2. The largest absolute Gasteiger partial charge is 0.396 e. The van der Waals surface area contributed by atoms with Crippen molar-refractivity contribution in [2.75, 3.05) is 31.6 Å². The summed E-state index contributed by atoms with van der Waals surface area (Å²) in [4.78, 5) is 14.2. The summed E-state index contributed by atoms with van der Waals surface area (Å²) in [5, 5.41) is 12.4. The number of aliphatic hydroxyl groups is 1. The van der Waals surface area contributed by atoms with Gasteiger partial charge in [-0.3, -0.25) is 4.79 Å². The minimum atomic E-state index is -0.528. The standard InChI is InChI=1S/C17H24ClFN2O2/c1-2-17(12-22)6-9-21(10-7-17)8-5-16(23)20-15-4-3-13(18)11-14(15)19/h3-4,11,22H,2,5-10,12H2,1H3,(H,20,23). The number of likely N-dealkylation sites (tertiary alicyclic amines) is 1. The van der Waals surface area contributed by atoms with Crippen LogP contribution < -0.4 is 5.32 Å². The number of carbonyl (C=O) groups is 1. The molecule has 1 saturated heterocycles. The van der Waals surface area contributed by atoms with Crippen molar-refractivity contribution in [1.29, 1.82) is 0 Å². The third-order valence-electron chi connectivity index (χ3n) is 4.86. The fraction of sp³-hybridized carbons (Fsp3) is 0.588. The summed E-state index contributed by atoms with van der Waals surface area (Å²) >= 11 is 5.69. The number of benzene rings is 1. The topological polar surface area (TPSA) is 52.6 Å². The Hall–Kier alpha value is -1.17. The molecule has 1 aromatic rings. The van der Waals surface area contributed by atoms with Gasteiger partial charge in [0.15, 0.2) is 0 Å². The highest BCUT2D eigenvalue weighted by Crippen LogP contribution is 2.34. The third kappa shape index (κ3) is 4.90. The van der Waals surface area contributed by atoms with Crippen molar-refractivity contribution in [2.24, 2.45) is 5.41 Å². The number of amides is 1. The number of nitrogens with one attached hydrogen (secondary N) is 1. The van der Waals surface area contributed by atoms with Crippen LogP contribution in [0.2, 0.25) is 5.02 Å². The SMILES string of the molecule is CCC1(CO)CCN(CCC(=O)Nc2ccc(Cl)cc2F)CC1. The molecule has 0 atom stereocenters. The molecule has 0 spiro atoms. The van der Waals surface area contributed by atoms with E-state index in [2.05, 4.69) is 17.1 Å². The fourth-order valence-corrected chi connectivity index (χ4v) is 3.10. The van der Waals surface area contributed by atoms with Crippen molar-refractivity contribution in [2.45, 2.75) is 32.6 Å². The zero-order chi connectivity index (χ0) is 16.9. The number of halogens is 2. The molecule has 0 bridgehead atoms. The van der Waals surface area contributed by atoms with E-state index >= 15 is 0 Å². The number of hydrogen-bond donors (Lipinski definition) is 2. The minimum Gasteiger partial charge on any atom is -0.396 e. The van der Waals surface area contributed by atoms with Crippen molar-refractivity contribution in [3.05, 3.63) is 29.0 Å². The van der Waals surface area contributed by atoms with E-state index in [0.717, 1.165) is 32.4 Å². The number of anilines is 1. The number of carbonyl (C=O) groups excluding carboxylic acids is 1. The first-order valence-electron chi connectivity index (χ1n) is 8.06. The predicted octanol–water partition coefficient (Wildman–Crippen LogP) is 3.29. The maximum Gasteiger partial charge on any atom is 0.225 e. The Morgan fingerprint density at radius 2 is 2.13 bits per heavy atom. The molecule has 2 N–H and O–H groups in total. The molecule has 1 aliphatic rings. The summed E-state index contributed by atoms with van der Waals surface area (Å²) in [5.74, 6) is -0.736. The van der Waals surface area contributed by atoms with Gasteiger partial charge in [-0.2, -0.15) is 0 Å². The second-order valence-corrected chi connectivity index (χ2v) is 6.71. The Labute approximate surface area is 141 Å². The summed E-state index contributed by atoms with van der Waals surface area (Å²) < 4.78 is 13.6. The molecule has 1 heterocycles. The molecule has 128 valence electrons. The lowest BCUT2D eigenvalue weighted by molar-refractivity contribution is -0.116. The van der Waals surface area contributed by atoms with Crippen LogP contribution in [0.3, 0.4) is 0 Å². The minimum absolute atomic E-state index is 0.0468. The van der Waals surface area contributed by atoms with Crippen LogP contribution in [0.15, 0.2) is 18.2 Å². The Kier molecular flexibility index (Phi) is 6.39. The smallest absolute Gasteiger partial charge is 0.225 e. The van der Waals surface area contributed by atoms with Crippen LogP contribution >= 0.6 is 11.6 Å². The highest BCUT2D eigenvalue weighted by atomic mass is 35.5. The van der Waals surface area contributed by atoms with Crippen molar-refractivity contribution >= 4 is 23.2 Å². The normalized spacial score (nSPS) is 17.9. The van der Waals surface area contributed by atoms with Gasteiger partial charge in [0.2, 0.25) is 5.91 Å². The molecule has 0 unspecified atom stereocenters. The number of hydrogen-bond acceptors (Lipinski definition) is 3. The molecular weight excluding hydrogens is 319 g/mol. The molecule has 4 nitrogen and oxygen atoms in total. The summed E-state index contributed by atoms with van der Waals surface area (Å²) in [5.41, 5.74) is 0.203. The van der Waals surface area contributed by atoms with Gasteiger partial charge in [-0.1, -0.05) is 18.5 Å². The van der Waals surface area contributed by atoms with Crippen LogP contribution in [-0.4, -0.2) is 42.2 Å². The Morgan fingerprint density at radius 1 is 1.43 bits per heavy atom. The molecule has 0 radical (unpaired) electrons. The zero-order valence-electron chi connectivity index (χ0n) is 13.4. The van der Waals surface area contributed by atoms with Crippen molar-refractivity contribution in [1.82, 2.24) is 4.90 Å². The van der Waals surface area contributed by atoms with Gasteiger partial charge in [0.05, 0.1) is 5.69 Å². The van der Waals surface area contributed by atoms with Crippen molar-refractivity contribution < 1.29 is 14.3 Å². The van der Waals surface area contributed by atoms with E-state index in [4.69, 9.17) is 11.6 Å². The van der Waals surface area contributed by atoms with E-state index in [0.29, 0.717) is 18.0 Å². The van der Waals surface area contributed by atoms with Gasteiger partial charge in [0.25, 0.3) is 0 Å². The number of nitrogens with zero attached hydrogens (tertiary/aromatic N) is 1. The van der Waals surface area contributed by atoms with Crippen LogP contribution in [0.5, 0.6) is 0 Å². The summed E-state index contributed by atoms with van der Waals surface area (Å²) in [6, 6.07) is 4.19. The highest BCUT2D eigenvalue weighted by molar-refractivity contribution is 6.30. The van der Waals surface area contributed by atoms with E-state index in [-0.39, 0.29) is 23.6 Å². The lowest BCUT2D eigenvalue weighted by atomic mass is 9.77. The maximum atomic E-state index is 13.6. The lowest BCUT2D eigenvalue weighted by Gasteiger charge is -2.40. The molecule has 1 aliphatic heterocycles. The van der Waals surface area contributed by atoms with Gasteiger partial charge in [0.1, 0.15) is 5.82 Å². The maximum absolute atomic E-state index is 13.6. The van der Waals surface area contributed by atoms with Gasteiger partial charge < -0.3 is 15.3 Å². The third-order valence-corrected chi connectivity index (χ3v) is 5.10. The van der Waals surface area contributed by atoms with Crippen LogP contribution in [0.25, 0.3) is 0 Å². The van der Waals surface area contributed by atoms with Gasteiger partial charge in [-0.05, 0) is 56.0 Å². The van der Waals surface area contributed by atoms with Gasteiger partial charge in [0, 0.05) is 24.6 Å². The average molecular weight is 343 g/mol. The monoisotopic (exact) mass is 342 g/mol. The number of piperidine rings is 1. The second-order valence-electron chi connectivity index (χ2n) is 6.28. The zero-order valence-corrected chi connectivity index (χ0v) is 14.2.